The SMILES string of the molecule is COCc1c(F)ccc(C(C)N)c1OC. The van der Waals surface area contributed by atoms with Crippen molar-refractivity contribution in [3.05, 3.63) is 29.1 Å². The number of benzene rings is 1. The summed E-state index contributed by atoms with van der Waals surface area (Å²) in [7, 11) is 3.01. The first-order valence-electron chi connectivity index (χ1n) is 4.71. The molecule has 0 saturated heterocycles. The molecule has 0 radical (unpaired) electrons. The van der Waals surface area contributed by atoms with Gasteiger partial charge in [0.1, 0.15) is 11.6 Å². The molecule has 15 heavy (non-hydrogen) atoms. The highest BCUT2D eigenvalue weighted by Crippen LogP contribution is 2.30. The highest BCUT2D eigenvalue weighted by molar-refractivity contribution is 5.43. The molecule has 84 valence electrons. The van der Waals surface area contributed by atoms with Gasteiger partial charge < -0.3 is 15.2 Å². The van der Waals surface area contributed by atoms with Gasteiger partial charge in [-0.05, 0) is 13.0 Å². The Morgan fingerprint density at radius 1 is 1.40 bits per heavy atom. The van der Waals surface area contributed by atoms with Gasteiger partial charge in [0.05, 0.1) is 19.3 Å². The van der Waals surface area contributed by atoms with E-state index >= 15 is 0 Å². The fourth-order valence-corrected chi connectivity index (χ4v) is 1.50. The lowest BCUT2D eigenvalue weighted by molar-refractivity contribution is 0.177. The van der Waals surface area contributed by atoms with Gasteiger partial charge in [0.15, 0.2) is 0 Å². The number of rotatable bonds is 4. The summed E-state index contributed by atoms with van der Waals surface area (Å²) >= 11 is 0. The van der Waals surface area contributed by atoms with E-state index in [0.29, 0.717) is 11.3 Å². The molecule has 0 amide bonds. The summed E-state index contributed by atoms with van der Waals surface area (Å²) in [5.41, 5.74) is 6.96. The molecule has 2 N–H and O–H groups in total. The molecule has 1 unspecified atom stereocenters. The molecular formula is C11H16FNO2. The van der Waals surface area contributed by atoms with Crippen LogP contribution < -0.4 is 10.5 Å². The minimum absolute atomic E-state index is 0.176. The molecule has 3 nitrogen and oxygen atoms in total. The third kappa shape index (κ3) is 2.46. The molecule has 0 aromatic heterocycles. The maximum Gasteiger partial charge on any atom is 0.132 e. The fourth-order valence-electron chi connectivity index (χ4n) is 1.50. The second-order valence-corrected chi connectivity index (χ2v) is 3.37. The molecular weight excluding hydrogens is 197 g/mol. The highest BCUT2D eigenvalue weighted by Gasteiger charge is 2.16. The van der Waals surface area contributed by atoms with Gasteiger partial charge in [0.25, 0.3) is 0 Å². The van der Waals surface area contributed by atoms with Crippen molar-refractivity contribution in [2.24, 2.45) is 5.73 Å². The van der Waals surface area contributed by atoms with E-state index in [2.05, 4.69) is 0 Å². The predicted molar refractivity (Wildman–Crippen MR) is 56.3 cm³/mol. The Labute approximate surface area is 89.0 Å². The zero-order valence-corrected chi connectivity index (χ0v) is 9.21. The van der Waals surface area contributed by atoms with Crippen LogP contribution in [0.5, 0.6) is 5.75 Å². The highest BCUT2D eigenvalue weighted by atomic mass is 19.1. The van der Waals surface area contributed by atoms with Gasteiger partial charge in [0, 0.05) is 18.7 Å². The van der Waals surface area contributed by atoms with Crippen molar-refractivity contribution in [3.8, 4) is 5.75 Å². The monoisotopic (exact) mass is 213 g/mol. The van der Waals surface area contributed by atoms with Gasteiger partial charge in [-0.3, -0.25) is 0 Å². The van der Waals surface area contributed by atoms with E-state index in [9.17, 15) is 4.39 Å². The van der Waals surface area contributed by atoms with Crippen molar-refractivity contribution in [2.75, 3.05) is 14.2 Å². The Morgan fingerprint density at radius 3 is 2.53 bits per heavy atom. The summed E-state index contributed by atoms with van der Waals surface area (Å²) in [4.78, 5) is 0. The van der Waals surface area contributed by atoms with E-state index in [1.54, 1.807) is 6.07 Å². The molecule has 1 aromatic carbocycles. The zero-order chi connectivity index (χ0) is 11.4. The first kappa shape index (κ1) is 11.9. The molecule has 0 fully saturated rings. The molecule has 0 heterocycles. The van der Waals surface area contributed by atoms with Crippen LogP contribution >= 0.6 is 0 Å². The quantitative estimate of drug-likeness (QED) is 0.832. The molecule has 0 spiro atoms. The Hall–Kier alpha value is -1.13. The minimum atomic E-state index is -0.335. The van der Waals surface area contributed by atoms with Crippen molar-refractivity contribution in [3.63, 3.8) is 0 Å². The normalized spacial score (nSPS) is 12.6. The first-order chi connectivity index (χ1) is 7.11. The summed E-state index contributed by atoms with van der Waals surface area (Å²) in [5.74, 6) is 0.143. The lowest BCUT2D eigenvalue weighted by atomic mass is 10.0. The average Bonchev–Trinajstić information content (AvgIpc) is 2.20. The van der Waals surface area contributed by atoms with Crippen molar-refractivity contribution in [1.29, 1.82) is 0 Å². The van der Waals surface area contributed by atoms with Crippen LogP contribution in [0.4, 0.5) is 4.39 Å². The fraction of sp³-hybridized carbons (Fsp3) is 0.455. The Balaban J connectivity index is 3.26. The van der Waals surface area contributed by atoms with Crippen LogP contribution in [0, 0.1) is 5.82 Å². The molecule has 0 bridgehead atoms. The number of ether oxygens (including phenoxy) is 2. The standard InChI is InChI=1S/C11H16FNO2/c1-7(13)8-4-5-10(12)9(6-14-2)11(8)15-3/h4-5,7H,6,13H2,1-3H3. The largest absolute Gasteiger partial charge is 0.496 e. The van der Waals surface area contributed by atoms with Crippen LogP contribution in [0.15, 0.2) is 12.1 Å². The number of nitrogens with two attached hydrogens (primary N) is 1. The average molecular weight is 213 g/mol. The van der Waals surface area contributed by atoms with Crippen LogP contribution in [-0.2, 0) is 11.3 Å². The molecule has 4 heteroatoms. The van der Waals surface area contributed by atoms with Crippen LogP contribution in [0.1, 0.15) is 24.1 Å². The van der Waals surface area contributed by atoms with Crippen molar-refractivity contribution in [2.45, 2.75) is 19.6 Å². The zero-order valence-electron chi connectivity index (χ0n) is 9.21. The van der Waals surface area contributed by atoms with Crippen molar-refractivity contribution < 1.29 is 13.9 Å². The number of halogens is 1. The smallest absolute Gasteiger partial charge is 0.132 e. The topological polar surface area (TPSA) is 44.5 Å². The second-order valence-electron chi connectivity index (χ2n) is 3.37. The summed E-state index contributed by atoms with van der Waals surface area (Å²) in [6.07, 6.45) is 0. The molecule has 0 aliphatic carbocycles. The first-order valence-corrected chi connectivity index (χ1v) is 4.71. The molecule has 0 saturated carbocycles. The Kier molecular flexibility index (Phi) is 4.05. The van der Waals surface area contributed by atoms with Crippen LogP contribution in [0.3, 0.4) is 0 Å². The third-order valence-electron chi connectivity index (χ3n) is 2.22. The summed E-state index contributed by atoms with van der Waals surface area (Å²) < 4.78 is 23.6. The maximum atomic E-state index is 13.5. The van der Waals surface area contributed by atoms with Gasteiger partial charge in [-0.2, -0.15) is 0 Å². The lowest BCUT2D eigenvalue weighted by Gasteiger charge is -2.16. The number of methoxy groups -OCH3 is 2. The van der Waals surface area contributed by atoms with Crippen LogP contribution in [0.25, 0.3) is 0 Å². The van der Waals surface area contributed by atoms with Crippen molar-refractivity contribution >= 4 is 0 Å². The molecule has 0 aliphatic rings. The van der Waals surface area contributed by atoms with E-state index in [1.807, 2.05) is 6.92 Å². The van der Waals surface area contributed by atoms with E-state index < -0.39 is 0 Å². The van der Waals surface area contributed by atoms with Gasteiger partial charge >= 0.3 is 0 Å². The number of hydrogen-bond acceptors (Lipinski definition) is 3. The van der Waals surface area contributed by atoms with E-state index in [1.165, 1.54) is 20.3 Å². The minimum Gasteiger partial charge on any atom is -0.496 e. The van der Waals surface area contributed by atoms with Gasteiger partial charge in [-0.1, -0.05) is 6.07 Å². The second kappa shape index (κ2) is 5.09. The predicted octanol–water partition coefficient (Wildman–Crippen LogP) is 2.00. The third-order valence-corrected chi connectivity index (χ3v) is 2.22. The maximum absolute atomic E-state index is 13.5. The van der Waals surface area contributed by atoms with Gasteiger partial charge in [-0.25, -0.2) is 4.39 Å². The number of hydrogen-bond donors (Lipinski definition) is 1. The van der Waals surface area contributed by atoms with E-state index in [-0.39, 0.29) is 18.5 Å². The summed E-state index contributed by atoms with van der Waals surface area (Å²) in [6.45, 7) is 2.00. The molecule has 0 aliphatic heterocycles. The molecule has 1 atom stereocenters. The Morgan fingerprint density at radius 2 is 2.07 bits per heavy atom. The molecule has 1 rings (SSSR count). The van der Waals surface area contributed by atoms with Crippen LogP contribution in [0.2, 0.25) is 0 Å². The lowest BCUT2D eigenvalue weighted by Crippen LogP contribution is -2.10. The van der Waals surface area contributed by atoms with E-state index in [0.717, 1.165) is 5.56 Å². The summed E-state index contributed by atoms with van der Waals surface area (Å²) in [6, 6.07) is 2.82. The van der Waals surface area contributed by atoms with Gasteiger partial charge in [-0.15, -0.1) is 0 Å². The Bertz CT molecular complexity index is 340. The van der Waals surface area contributed by atoms with Crippen LogP contribution in [-0.4, -0.2) is 14.2 Å². The van der Waals surface area contributed by atoms with Gasteiger partial charge in [0.2, 0.25) is 0 Å². The van der Waals surface area contributed by atoms with E-state index in [4.69, 9.17) is 15.2 Å². The molecule has 1 aromatic rings. The van der Waals surface area contributed by atoms with Crippen molar-refractivity contribution in [1.82, 2.24) is 0 Å². The summed E-state index contributed by atoms with van der Waals surface area (Å²) in [5, 5.41) is 0.